The van der Waals surface area contributed by atoms with Gasteiger partial charge in [0.2, 0.25) is 5.95 Å². The van der Waals surface area contributed by atoms with Crippen LogP contribution in [0.4, 0.5) is 17.5 Å². The molecule has 0 radical (unpaired) electrons. The summed E-state index contributed by atoms with van der Waals surface area (Å²) >= 11 is 3.52. The highest BCUT2D eigenvalue weighted by Gasteiger charge is 2.23. The minimum atomic E-state index is -0.121. The highest BCUT2D eigenvalue weighted by atomic mass is 79.9. The molecule has 0 aliphatic heterocycles. The van der Waals surface area contributed by atoms with Crippen molar-refractivity contribution < 1.29 is 4.79 Å². The quantitative estimate of drug-likeness (QED) is 0.467. The Balaban J connectivity index is 1.62. The number of Topliss-reactive ketones (excluding diaryl/α,β-unsaturated/α-hetero) is 1. The molecule has 1 aliphatic carbocycles. The number of aromatic nitrogens is 5. The summed E-state index contributed by atoms with van der Waals surface area (Å²) in [5, 5.41) is 14.9. The van der Waals surface area contributed by atoms with Crippen molar-refractivity contribution in [3.63, 3.8) is 0 Å². The van der Waals surface area contributed by atoms with Crippen LogP contribution in [0.25, 0.3) is 5.69 Å². The third kappa shape index (κ3) is 4.49. The van der Waals surface area contributed by atoms with Crippen molar-refractivity contribution in [3.8, 4) is 5.69 Å². The van der Waals surface area contributed by atoms with Crippen LogP contribution in [0.15, 0.2) is 41.3 Å². The van der Waals surface area contributed by atoms with Gasteiger partial charge in [0.05, 0.1) is 18.0 Å². The van der Waals surface area contributed by atoms with Gasteiger partial charge in [0.15, 0.2) is 5.78 Å². The topological polar surface area (TPSA) is 124 Å². The molecule has 1 saturated carbocycles. The van der Waals surface area contributed by atoms with Gasteiger partial charge in [-0.15, -0.1) is 0 Å². The Bertz CT molecular complexity index is 1040. The molecule has 9 nitrogen and oxygen atoms in total. The maximum atomic E-state index is 12.1. The number of carbonyl (C=O) groups excluding carboxylic acids is 1. The van der Waals surface area contributed by atoms with Crippen molar-refractivity contribution in [2.24, 2.45) is 5.73 Å². The second-order valence-corrected chi connectivity index (χ2v) is 8.18. The number of hydrogen-bond acceptors (Lipinski definition) is 8. The maximum Gasteiger partial charge on any atom is 0.224 e. The van der Waals surface area contributed by atoms with E-state index in [-0.39, 0.29) is 17.9 Å². The summed E-state index contributed by atoms with van der Waals surface area (Å²) in [6, 6.07) is 5.84. The van der Waals surface area contributed by atoms with Crippen LogP contribution in [0.3, 0.4) is 0 Å². The predicted molar refractivity (Wildman–Crippen MR) is 118 cm³/mol. The Morgan fingerprint density at radius 2 is 2.00 bits per heavy atom. The van der Waals surface area contributed by atoms with Crippen LogP contribution in [0.5, 0.6) is 0 Å². The second kappa shape index (κ2) is 8.88. The molecule has 0 saturated heterocycles. The van der Waals surface area contributed by atoms with Crippen LogP contribution in [0, 0.1) is 0 Å². The largest absolute Gasteiger partial charge is 0.350 e. The molecule has 156 valence electrons. The number of nitrogens with zero attached hydrogens (tertiary/aromatic N) is 5. The van der Waals surface area contributed by atoms with Crippen LogP contribution in [-0.2, 0) is 0 Å². The Labute approximate surface area is 182 Å². The lowest BCUT2D eigenvalue weighted by atomic mass is 9.91. The minimum absolute atomic E-state index is 0.0712. The molecule has 1 aliphatic rings. The highest BCUT2D eigenvalue weighted by Crippen LogP contribution is 2.27. The standard InChI is InChI=1S/C20H23BrN8O/c1-12(30)14-11-23-20(27-17-5-3-2-4-16(17)22)28-19(14)26-13-6-7-15(21)18(10-13)29-24-8-9-25-29/h6-11,16-17H,2-5,22H2,1H3,(H2,23,26,27,28)/t16-,17+/m0/s1. The zero-order chi connectivity index (χ0) is 21.1. The van der Waals surface area contributed by atoms with Crippen LogP contribution >= 0.6 is 15.9 Å². The second-order valence-electron chi connectivity index (χ2n) is 7.32. The molecule has 2 aromatic heterocycles. The van der Waals surface area contributed by atoms with E-state index < -0.39 is 0 Å². The molecule has 30 heavy (non-hydrogen) atoms. The van der Waals surface area contributed by atoms with Gasteiger partial charge in [0.25, 0.3) is 0 Å². The van der Waals surface area contributed by atoms with Crippen LogP contribution in [0.1, 0.15) is 43.0 Å². The molecule has 0 unspecified atom stereocenters. The maximum absolute atomic E-state index is 12.1. The molecule has 2 atom stereocenters. The van der Waals surface area contributed by atoms with E-state index in [0.29, 0.717) is 17.3 Å². The lowest BCUT2D eigenvalue weighted by molar-refractivity contribution is 0.101. The molecule has 2 heterocycles. The Morgan fingerprint density at radius 1 is 1.23 bits per heavy atom. The van der Waals surface area contributed by atoms with Crippen LogP contribution in [-0.4, -0.2) is 42.8 Å². The first-order valence-electron chi connectivity index (χ1n) is 9.84. The van der Waals surface area contributed by atoms with E-state index in [1.165, 1.54) is 11.7 Å². The first-order valence-corrected chi connectivity index (χ1v) is 10.6. The summed E-state index contributed by atoms with van der Waals surface area (Å²) in [6.45, 7) is 1.49. The normalized spacial score (nSPS) is 18.8. The molecule has 1 fully saturated rings. The zero-order valence-corrected chi connectivity index (χ0v) is 18.1. The van der Waals surface area contributed by atoms with Crippen LogP contribution < -0.4 is 16.4 Å². The Kier molecular flexibility index (Phi) is 6.05. The average molecular weight is 471 g/mol. The van der Waals surface area contributed by atoms with Crippen LogP contribution in [0.2, 0.25) is 0 Å². The monoisotopic (exact) mass is 470 g/mol. The summed E-state index contributed by atoms with van der Waals surface area (Å²) < 4.78 is 0.840. The SMILES string of the molecule is CC(=O)c1cnc(N[C@@H]2CCCC[C@@H]2N)nc1Nc1ccc(Br)c(-n2nccn2)c1. The third-order valence-corrected chi connectivity index (χ3v) is 5.82. The van der Waals surface area contributed by atoms with Crippen molar-refractivity contribution in [1.82, 2.24) is 25.0 Å². The molecule has 10 heteroatoms. The fourth-order valence-corrected chi connectivity index (χ4v) is 3.93. The number of ketones is 1. The van der Waals surface area contributed by atoms with Gasteiger partial charge in [-0.25, -0.2) is 4.98 Å². The fraction of sp³-hybridized carbons (Fsp3) is 0.350. The number of carbonyl (C=O) groups is 1. The van der Waals surface area contributed by atoms with Gasteiger partial charge in [0.1, 0.15) is 11.5 Å². The van der Waals surface area contributed by atoms with Gasteiger partial charge < -0.3 is 16.4 Å². The highest BCUT2D eigenvalue weighted by molar-refractivity contribution is 9.10. The molecule has 4 N–H and O–H groups in total. The molecular formula is C20H23BrN8O. The molecule has 0 bridgehead atoms. The summed E-state index contributed by atoms with van der Waals surface area (Å²) in [5.74, 6) is 0.770. The molecule has 0 spiro atoms. The lowest BCUT2D eigenvalue weighted by Crippen LogP contribution is -2.43. The molecular weight excluding hydrogens is 448 g/mol. The van der Waals surface area contributed by atoms with Crippen molar-refractivity contribution in [3.05, 3.63) is 46.8 Å². The third-order valence-electron chi connectivity index (χ3n) is 5.15. The number of halogens is 1. The molecule has 0 amide bonds. The van der Waals surface area contributed by atoms with Crippen molar-refractivity contribution in [2.45, 2.75) is 44.7 Å². The minimum Gasteiger partial charge on any atom is -0.350 e. The lowest BCUT2D eigenvalue weighted by Gasteiger charge is -2.29. The number of nitrogens with two attached hydrogens (primary N) is 1. The van der Waals surface area contributed by atoms with Gasteiger partial charge >= 0.3 is 0 Å². The van der Waals surface area contributed by atoms with Gasteiger partial charge in [-0.3, -0.25) is 4.79 Å². The molecule has 3 aromatic rings. The van der Waals surface area contributed by atoms with Crippen molar-refractivity contribution >= 4 is 39.2 Å². The van der Waals surface area contributed by atoms with E-state index in [1.807, 2.05) is 18.2 Å². The van der Waals surface area contributed by atoms with Crippen molar-refractivity contribution in [2.75, 3.05) is 10.6 Å². The summed E-state index contributed by atoms with van der Waals surface area (Å²) in [6.07, 6.45) is 9.01. The summed E-state index contributed by atoms with van der Waals surface area (Å²) in [7, 11) is 0. The number of anilines is 3. The first-order chi connectivity index (χ1) is 14.5. The van der Waals surface area contributed by atoms with Crippen molar-refractivity contribution in [1.29, 1.82) is 0 Å². The van der Waals surface area contributed by atoms with E-state index in [0.717, 1.165) is 41.5 Å². The van der Waals surface area contributed by atoms with Gasteiger partial charge in [-0.1, -0.05) is 12.8 Å². The van der Waals surface area contributed by atoms with Gasteiger partial charge in [-0.05, 0) is 53.9 Å². The fourth-order valence-electron chi connectivity index (χ4n) is 3.53. The van der Waals surface area contributed by atoms with E-state index in [1.54, 1.807) is 18.6 Å². The number of rotatable bonds is 6. The van der Waals surface area contributed by atoms with E-state index in [2.05, 4.69) is 46.7 Å². The zero-order valence-electron chi connectivity index (χ0n) is 16.5. The summed E-state index contributed by atoms with van der Waals surface area (Å²) in [5.41, 5.74) is 8.15. The number of hydrogen-bond donors (Lipinski definition) is 3. The predicted octanol–water partition coefficient (Wildman–Crippen LogP) is 3.45. The summed E-state index contributed by atoms with van der Waals surface area (Å²) in [4.78, 5) is 22.5. The van der Waals surface area contributed by atoms with Gasteiger partial charge in [-0.2, -0.15) is 20.0 Å². The Morgan fingerprint density at radius 3 is 2.73 bits per heavy atom. The Hall–Kier alpha value is -2.85. The van der Waals surface area contributed by atoms with E-state index >= 15 is 0 Å². The first kappa shape index (κ1) is 20.4. The van der Waals surface area contributed by atoms with Gasteiger partial charge in [0, 0.05) is 28.4 Å². The van der Waals surface area contributed by atoms with E-state index in [4.69, 9.17) is 5.73 Å². The molecule has 1 aromatic carbocycles. The number of benzene rings is 1. The number of nitrogens with one attached hydrogen (secondary N) is 2. The smallest absolute Gasteiger partial charge is 0.224 e. The van der Waals surface area contributed by atoms with E-state index in [9.17, 15) is 4.79 Å². The molecule has 4 rings (SSSR count). The average Bonchev–Trinajstić information content (AvgIpc) is 3.26.